The van der Waals surface area contributed by atoms with Crippen molar-refractivity contribution in [1.29, 1.82) is 5.26 Å². The Balaban J connectivity index is 2.32. The Morgan fingerprint density at radius 3 is 2.78 bits per heavy atom. The van der Waals surface area contributed by atoms with Crippen molar-refractivity contribution in [3.8, 4) is 11.8 Å². The van der Waals surface area contributed by atoms with Gasteiger partial charge in [-0.3, -0.25) is 0 Å². The maximum Gasteiger partial charge on any atom is 0.410 e. The van der Waals surface area contributed by atoms with Crippen LogP contribution in [0.2, 0.25) is 0 Å². The quantitative estimate of drug-likeness (QED) is 0.782. The molecule has 0 aromatic heterocycles. The summed E-state index contributed by atoms with van der Waals surface area (Å²) in [5, 5.41) is 11.8. The molecule has 1 N–H and O–H groups in total. The number of carbonyl (C=O) groups is 1. The number of nitrogens with zero attached hydrogens (tertiary/aromatic N) is 2. The van der Waals surface area contributed by atoms with Gasteiger partial charge in [-0.15, -0.1) is 0 Å². The molecule has 0 heterocycles. The highest BCUT2D eigenvalue weighted by Gasteiger charge is 2.18. The molecule has 0 fully saturated rings. The molecule has 0 unspecified atom stereocenters. The summed E-state index contributed by atoms with van der Waals surface area (Å²) in [5.74, 6) is 0.678. The monoisotopic (exact) mass is 319 g/mol. The third-order valence-corrected chi connectivity index (χ3v) is 2.86. The van der Waals surface area contributed by atoms with E-state index in [0.29, 0.717) is 25.4 Å². The van der Waals surface area contributed by atoms with Gasteiger partial charge in [0.05, 0.1) is 0 Å². The Hall–Kier alpha value is -2.26. The average molecular weight is 319 g/mol. The van der Waals surface area contributed by atoms with Crippen LogP contribution in [-0.2, 0) is 11.3 Å². The van der Waals surface area contributed by atoms with E-state index in [9.17, 15) is 4.79 Å². The lowest BCUT2D eigenvalue weighted by molar-refractivity contribution is 0.0300. The summed E-state index contributed by atoms with van der Waals surface area (Å²) in [5.41, 5.74) is 0.572. The van der Waals surface area contributed by atoms with Gasteiger partial charge in [-0.2, -0.15) is 5.26 Å². The SMILES string of the molecule is CN(CCNCc1cccc(OCC#N)c1)C(=O)OC(C)(C)C. The highest BCUT2D eigenvalue weighted by Crippen LogP contribution is 2.13. The molecule has 0 aliphatic rings. The van der Waals surface area contributed by atoms with Crippen LogP contribution < -0.4 is 10.1 Å². The van der Waals surface area contributed by atoms with Crippen molar-refractivity contribution in [2.75, 3.05) is 26.7 Å². The smallest absolute Gasteiger partial charge is 0.410 e. The van der Waals surface area contributed by atoms with Crippen LogP contribution >= 0.6 is 0 Å². The molecule has 1 aromatic rings. The van der Waals surface area contributed by atoms with Gasteiger partial charge in [0.2, 0.25) is 0 Å². The topological polar surface area (TPSA) is 74.6 Å². The zero-order chi connectivity index (χ0) is 17.3. The van der Waals surface area contributed by atoms with Crippen molar-refractivity contribution in [3.05, 3.63) is 29.8 Å². The number of amides is 1. The first kappa shape index (κ1) is 18.8. The maximum absolute atomic E-state index is 11.8. The van der Waals surface area contributed by atoms with E-state index in [2.05, 4.69) is 5.32 Å². The van der Waals surface area contributed by atoms with E-state index in [-0.39, 0.29) is 12.7 Å². The Labute approximate surface area is 138 Å². The summed E-state index contributed by atoms with van der Waals surface area (Å²) in [7, 11) is 1.71. The molecule has 0 spiro atoms. The number of rotatable bonds is 7. The number of carbonyl (C=O) groups excluding carboxylic acids is 1. The van der Waals surface area contributed by atoms with Crippen molar-refractivity contribution < 1.29 is 14.3 Å². The molecule has 0 saturated heterocycles. The summed E-state index contributed by atoms with van der Waals surface area (Å²) < 4.78 is 10.5. The second kappa shape index (κ2) is 9.01. The lowest BCUT2D eigenvalue weighted by Crippen LogP contribution is -2.37. The highest BCUT2D eigenvalue weighted by atomic mass is 16.6. The minimum atomic E-state index is -0.483. The predicted molar refractivity (Wildman–Crippen MR) is 88.1 cm³/mol. The molecular weight excluding hydrogens is 294 g/mol. The Morgan fingerprint density at radius 1 is 1.39 bits per heavy atom. The third kappa shape index (κ3) is 8.07. The molecular formula is C17H25N3O3. The number of nitriles is 1. The van der Waals surface area contributed by atoms with Gasteiger partial charge in [0.15, 0.2) is 6.61 Å². The largest absolute Gasteiger partial charge is 0.479 e. The van der Waals surface area contributed by atoms with E-state index < -0.39 is 5.60 Å². The van der Waals surface area contributed by atoms with Crippen molar-refractivity contribution in [3.63, 3.8) is 0 Å². The van der Waals surface area contributed by atoms with Gasteiger partial charge < -0.3 is 19.7 Å². The minimum absolute atomic E-state index is 0.0393. The van der Waals surface area contributed by atoms with E-state index in [1.165, 1.54) is 0 Å². The van der Waals surface area contributed by atoms with Gasteiger partial charge in [-0.1, -0.05) is 12.1 Å². The number of hydrogen-bond acceptors (Lipinski definition) is 5. The van der Waals surface area contributed by atoms with Crippen LogP contribution in [0.25, 0.3) is 0 Å². The molecule has 0 aliphatic heterocycles. The van der Waals surface area contributed by atoms with Crippen LogP contribution in [-0.4, -0.2) is 43.3 Å². The fraction of sp³-hybridized carbons (Fsp3) is 0.529. The molecule has 1 amide bonds. The van der Waals surface area contributed by atoms with Crippen LogP contribution in [0.15, 0.2) is 24.3 Å². The molecule has 6 nitrogen and oxygen atoms in total. The molecule has 0 saturated carbocycles. The normalized spacial score (nSPS) is 10.7. The number of ether oxygens (including phenoxy) is 2. The van der Waals surface area contributed by atoms with Crippen molar-refractivity contribution in [2.45, 2.75) is 32.9 Å². The summed E-state index contributed by atoms with van der Waals surface area (Å²) in [6, 6.07) is 9.51. The van der Waals surface area contributed by atoms with Crippen LogP contribution in [0, 0.1) is 11.3 Å². The standard InChI is InChI=1S/C17H25N3O3/c1-17(2,3)23-16(21)20(4)10-9-19-13-14-6-5-7-15(12-14)22-11-8-18/h5-7,12,19H,9-11,13H2,1-4H3. The molecule has 1 rings (SSSR count). The second-order valence-corrected chi connectivity index (χ2v) is 6.17. The summed E-state index contributed by atoms with van der Waals surface area (Å²) in [6.45, 7) is 7.44. The lowest BCUT2D eigenvalue weighted by atomic mass is 10.2. The number of benzene rings is 1. The van der Waals surface area contributed by atoms with Crippen molar-refractivity contribution >= 4 is 6.09 Å². The zero-order valence-electron chi connectivity index (χ0n) is 14.3. The van der Waals surface area contributed by atoms with Gasteiger partial charge in [-0.05, 0) is 38.5 Å². The van der Waals surface area contributed by atoms with Crippen LogP contribution in [0.4, 0.5) is 4.79 Å². The number of likely N-dealkylation sites (N-methyl/N-ethyl adjacent to an activating group) is 1. The fourth-order valence-corrected chi connectivity index (χ4v) is 1.77. The minimum Gasteiger partial charge on any atom is -0.479 e. The number of nitrogens with one attached hydrogen (secondary N) is 1. The average Bonchev–Trinajstić information content (AvgIpc) is 2.48. The van der Waals surface area contributed by atoms with Crippen LogP contribution in [0.1, 0.15) is 26.3 Å². The molecule has 0 aliphatic carbocycles. The fourth-order valence-electron chi connectivity index (χ4n) is 1.77. The zero-order valence-corrected chi connectivity index (χ0v) is 14.3. The van der Waals surface area contributed by atoms with Gasteiger partial charge in [0, 0.05) is 26.7 Å². The van der Waals surface area contributed by atoms with Gasteiger partial charge in [0.1, 0.15) is 17.4 Å². The first-order chi connectivity index (χ1) is 10.8. The summed E-state index contributed by atoms with van der Waals surface area (Å²) in [6.07, 6.45) is -0.328. The van der Waals surface area contributed by atoms with Gasteiger partial charge in [0.25, 0.3) is 0 Å². The molecule has 126 valence electrons. The first-order valence-corrected chi connectivity index (χ1v) is 7.55. The second-order valence-electron chi connectivity index (χ2n) is 6.17. The maximum atomic E-state index is 11.8. The number of hydrogen-bond donors (Lipinski definition) is 1. The van der Waals surface area contributed by atoms with E-state index >= 15 is 0 Å². The molecule has 1 aromatic carbocycles. The van der Waals surface area contributed by atoms with E-state index in [4.69, 9.17) is 14.7 Å². The van der Waals surface area contributed by atoms with Crippen LogP contribution in [0.5, 0.6) is 5.75 Å². The van der Waals surface area contributed by atoms with Crippen LogP contribution in [0.3, 0.4) is 0 Å². The Kier molecular flexibility index (Phi) is 7.36. The van der Waals surface area contributed by atoms with Gasteiger partial charge in [-0.25, -0.2) is 4.79 Å². The van der Waals surface area contributed by atoms with Crippen molar-refractivity contribution in [2.24, 2.45) is 0 Å². The summed E-state index contributed by atoms with van der Waals surface area (Å²) in [4.78, 5) is 13.3. The third-order valence-electron chi connectivity index (χ3n) is 2.86. The molecule has 0 atom stereocenters. The van der Waals surface area contributed by atoms with E-state index in [0.717, 1.165) is 5.56 Å². The highest BCUT2D eigenvalue weighted by molar-refractivity contribution is 5.67. The molecule has 0 radical (unpaired) electrons. The van der Waals surface area contributed by atoms with E-state index in [1.807, 2.05) is 51.1 Å². The van der Waals surface area contributed by atoms with Crippen molar-refractivity contribution in [1.82, 2.24) is 10.2 Å². The first-order valence-electron chi connectivity index (χ1n) is 7.55. The predicted octanol–water partition coefficient (Wildman–Crippen LogP) is 2.55. The Morgan fingerprint density at radius 2 is 2.13 bits per heavy atom. The lowest BCUT2D eigenvalue weighted by Gasteiger charge is -2.24. The van der Waals surface area contributed by atoms with Gasteiger partial charge >= 0.3 is 6.09 Å². The molecule has 6 heteroatoms. The molecule has 0 bridgehead atoms. The van der Waals surface area contributed by atoms with E-state index in [1.54, 1.807) is 11.9 Å². The summed E-state index contributed by atoms with van der Waals surface area (Å²) >= 11 is 0. The Bertz CT molecular complexity index is 547. The molecule has 23 heavy (non-hydrogen) atoms.